The second-order valence-electron chi connectivity index (χ2n) is 7.42. The summed E-state index contributed by atoms with van der Waals surface area (Å²) in [5.74, 6) is 0.360. The zero-order valence-electron chi connectivity index (χ0n) is 17.3. The monoisotopic (exact) mass is 416 g/mol. The van der Waals surface area contributed by atoms with E-state index >= 15 is 0 Å². The van der Waals surface area contributed by atoms with Crippen LogP contribution in [-0.4, -0.2) is 45.2 Å². The zero-order chi connectivity index (χ0) is 21.0. The lowest BCUT2D eigenvalue weighted by Crippen LogP contribution is -3.05. The molecule has 1 amide bonds. The van der Waals surface area contributed by atoms with Gasteiger partial charge in [0.05, 0.1) is 38.9 Å². The van der Waals surface area contributed by atoms with Crippen molar-refractivity contribution in [3.63, 3.8) is 0 Å². The predicted octanol–water partition coefficient (Wildman–Crippen LogP) is 2.86. The molecule has 154 valence electrons. The van der Waals surface area contributed by atoms with Crippen LogP contribution in [0, 0.1) is 12.7 Å². The van der Waals surface area contributed by atoms with E-state index in [0.29, 0.717) is 17.4 Å². The number of methoxy groups -OCH3 is 1. The van der Waals surface area contributed by atoms with Gasteiger partial charge in [0.1, 0.15) is 17.1 Å². The number of amides is 1. The summed E-state index contributed by atoms with van der Waals surface area (Å²) in [6, 6.07) is 9.98. The van der Waals surface area contributed by atoms with E-state index in [-0.39, 0.29) is 18.1 Å². The topological polar surface area (TPSA) is 46.9 Å². The Morgan fingerprint density at radius 3 is 2.59 bits per heavy atom. The first kappa shape index (κ1) is 21.2. The molecule has 29 heavy (non-hydrogen) atoms. The Kier molecular flexibility index (Phi) is 6.82. The number of fused-ring (bicyclic) bond motifs is 1. The van der Waals surface area contributed by atoms with Crippen molar-refractivity contribution in [2.24, 2.45) is 0 Å². The highest BCUT2D eigenvalue weighted by atomic mass is 32.1. The Morgan fingerprint density at radius 1 is 1.21 bits per heavy atom. The fourth-order valence-corrected chi connectivity index (χ4v) is 4.26. The van der Waals surface area contributed by atoms with Gasteiger partial charge in [-0.15, -0.1) is 0 Å². The molecule has 3 aromatic rings. The molecule has 0 fully saturated rings. The number of rotatable bonds is 8. The third-order valence-corrected chi connectivity index (χ3v) is 5.98. The lowest BCUT2D eigenvalue weighted by molar-refractivity contribution is -0.858. The molecule has 0 saturated heterocycles. The first-order valence-electron chi connectivity index (χ1n) is 9.67. The molecular weight excluding hydrogens is 389 g/mol. The number of ether oxygens (including phenoxy) is 1. The maximum atomic E-state index is 13.2. The summed E-state index contributed by atoms with van der Waals surface area (Å²) in [7, 11) is 5.81. The number of anilines is 1. The number of halogens is 1. The smallest absolute Gasteiger partial charge is 0.233 e. The van der Waals surface area contributed by atoms with Crippen LogP contribution in [-0.2, 0) is 11.2 Å². The summed E-state index contributed by atoms with van der Waals surface area (Å²) in [5, 5.41) is 0.675. The normalized spacial score (nSPS) is 11.2. The van der Waals surface area contributed by atoms with E-state index in [2.05, 4.69) is 14.1 Å². The van der Waals surface area contributed by atoms with Crippen molar-refractivity contribution in [3.05, 3.63) is 53.3 Å². The first-order valence-corrected chi connectivity index (χ1v) is 10.5. The number of carbonyl (C=O) groups excluding carboxylic acids is 1. The maximum absolute atomic E-state index is 13.2. The molecule has 1 heterocycles. The summed E-state index contributed by atoms with van der Waals surface area (Å²) in [6.07, 6.45) is 1.07. The van der Waals surface area contributed by atoms with Crippen molar-refractivity contribution in [1.82, 2.24) is 4.98 Å². The van der Waals surface area contributed by atoms with Gasteiger partial charge in [-0.2, -0.15) is 0 Å². The van der Waals surface area contributed by atoms with Crippen molar-refractivity contribution in [2.75, 3.05) is 39.2 Å². The first-order chi connectivity index (χ1) is 13.9. The molecule has 0 spiro atoms. The Morgan fingerprint density at radius 2 is 1.93 bits per heavy atom. The van der Waals surface area contributed by atoms with Crippen LogP contribution in [0.2, 0.25) is 0 Å². The third-order valence-electron chi connectivity index (χ3n) is 4.77. The van der Waals surface area contributed by atoms with E-state index in [1.165, 1.54) is 28.4 Å². The van der Waals surface area contributed by atoms with Crippen molar-refractivity contribution in [3.8, 4) is 5.75 Å². The molecule has 1 N–H and O–H groups in total. The van der Waals surface area contributed by atoms with Gasteiger partial charge in [-0.1, -0.05) is 29.5 Å². The summed E-state index contributed by atoms with van der Waals surface area (Å²) in [5.41, 5.74) is 2.67. The lowest BCUT2D eigenvalue weighted by Gasteiger charge is -2.20. The van der Waals surface area contributed by atoms with Gasteiger partial charge >= 0.3 is 0 Å². The van der Waals surface area contributed by atoms with Crippen molar-refractivity contribution < 1.29 is 18.8 Å². The van der Waals surface area contributed by atoms with Crippen LogP contribution < -0.4 is 14.5 Å². The Hall–Kier alpha value is -2.51. The average molecular weight is 417 g/mol. The Bertz CT molecular complexity index is 986. The summed E-state index contributed by atoms with van der Waals surface area (Å²) < 4.78 is 19.7. The van der Waals surface area contributed by atoms with E-state index in [4.69, 9.17) is 9.72 Å². The van der Waals surface area contributed by atoms with Gasteiger partial charge < -0.3 is 9.64 Å². The molecule has 0 radical (unpaired) electrons. The third kappa shape index (κ3) is 5.10. The largest absolute Gasteiger partial charge is 0.494 e. The van der Waals surface area contributed by atoms with Crippen molar-refractivity contribution in [1.29, 1.82) is 0 Å². The minimum Gasteiger partial charge on any atom is -0.494 e. The molecule has 1 aromatic heterocycles. The van der Waals surface area contributed by atoms with Gasteiger partial charge in [0.2, 0.25) is 5.91 Å². The second kappa shape index (κ2) is 9.33. The molecule has 0 aliphatic heterocycles. The number of benzene rings is 2. The number of nitrogens with one attached hydrogen (secondary N) is 1. The summed E-state index contributed by atoms with van der Waals surface area (Å²) in [4.78, 5) is 21.0. The van der Waals surface area contributed by atoms with Crippen LogP contribution in [0.5, 0.6) is 5.75 Å². The molecule has 0 unspecified atom stereocenters. The fourth-order valence-electron chi connectivity index (χ4n) is 3.17. The molecule has 0 saturated carbocycles. The molecule has 0 aliphatic carbocycles. The van der Waals surface area contributed by atoms with Gasteiger partial charge in [0.15, 0.2) is 5.13 Å². The van der Waals surface area contributed by atoms with Gasteiger partial charge in [-0.3, -0.25) is 9.69 Å². The van der Waals surface area contributed by atoms with E-state index in [1.54, 1.807) is 24.1 Å². The molecule has 7 heteroatoms. The van der Waals surface area contributed by atoms with Crippen LogP contribution in [0.1, 0.15) is 17.5 Å². The van der Waals surface area contributed by atoms with Crippen LogP contribution >= 0.6 is 11.3 Å². The lowest BCUT2D eigenvalue weighted by atomic mass is 10.1. The molecule has 3 rings (SSSR count). The zero-order valence-corrected chi connectivity index (χ0v) is 18.1. The Labute approximate surface area is 174 Å². The number of thiazole rings is 1. The number of carbonyl (C=O) groups is 1. The summed E-state index contributed by atoms with van der Waals surface area (Å²) >= 11 is 1.51. The second-order valence-corrected chi connectivity index (χ2v) is 8.40. The van der Waals surface area contributed by atoms with Gasteiger partial charge in [-0.25, -0.2) is 9.37 Å². The molecule has 2 aromatic carbocycles. The van der Waals surface area contributed by atoms with E-state index in [1.807, 2.05) is 19.1 Å². The molecule has 0 bridgehead atoms. The SMILES string of the molecule is COc1ccc(C)c2sc(N(CCC[NH+](C)C)C(=O)Cc3ccc(F)cc3)nc12. The maximum Gasteiger partial charge on any atom is 0.233 e. The number of aromatic nitrogens is 1. The number of nitrogens with zero attached hydrogens (tertiary/aromatic N) is 2. The highest BCUT2D eigenvalue weighted by Crippen LogP contribution is 2.36. The summed E-state index contributed by atoms with van der Waals surface area (Å²) in [6.45, 7) is 3.57. The van der Waals surface area contributed by atoms with Crippen molar-refractivity contribution >= 4 is 32.6 Å². The number of quaternary nitrogens is 1. The number of aryl methyl sites for hydroxylation is 1. The predicted molar refractivity (Wildman–Crippen MR) is 116 cm³/mol. The standard InChI is InChI=1S/C22H26FN3O2S/c1-15-6-11-18(28-4)20-21(15)29-22(24-20)26(13-5-12-25(2)3)19(27)14-16-7-9-17(23)10-8-16/h6-11H,5,12-14H2,1-4H3/p+1. The van der Waals surface area contributed by atoms with Crippen LogP contribution in [0.15, 0.2) is 36.4 Å². The van der Waals surface area contributed by atoms with E-state index < -0.39 is 0 Å². The van der Waals surface area contributed by atoms with Crippen LogP contribution in [0.3, 0.4) is 0 Å². The fraction of sp³-hybridized carbons (Fsp3) is 0.364. The highest BCUT2D eigenvalue weighted by Gasteiger charge is 2.22. The number of hydrogen-bond acceptors (Lipinski definition) is 4. The molecular formula is C22H27FN3O2S+. The van der Waals surface area contributed by atoms with Crippen molar-refractivity contribution in [2.45, 2.75) is 19.8 Å². The number of hydrogen-bond donors (Lipinski definition) is 1. The minimum absolute atomic E-state index is 0.0407. The minimum atomic E-state index is -0.305. The molecule has 5 nitrogen and oxygen atoms in total. The molecule has 0 aliphatic rings. The average Bonchev–Trinajstić information content (AvgIpc) is 3.13. The van der Waals surface area contributed by atoms with Crippen LogP contribution in [0.4, 0.5) is 9.52 Å². The highest BCUT2D eigenvalue weighted by molar-refractivity contribution is 7.22. The van der Waals surface area contributed by atoms with E-state index in [0.717, 1.165) is 34.3 Å². The molecule has 0 atom stereocenters. The van der Waals surface area contributed by atoms with Crippen LogP contribution in [0.25, 0.3) is 10.2 Å². The van der Waals surface area contributed by atoms with Gasteiger partial charge in [-0.05, 0) is 36.2 Å². The van der Waals surface area contributed by atoms with Gasteiger partial charge in [0, 0.05) is 13.0 Å². The van der Waals surface area contributed by atoms with Gasteiger partial charge in [0.25, 0.3) is 0 Å². The van der Waals surface area contributed by atoms with E-state index in [9.17, 15) is 9.18 Å². The Balaban J connectivity index is 1.92. The quantitative estimate of drug-likeness (QED) is 0.614.